The zero-order valence-electron chi connectivity index (χ0n) is 10.8. The van der Waals surface area contributed by atoms with Gasteiger partial charge in [0.2, 0.25) is 0 Å². The first-order valence-electron chi connectivity index (χ1n) is 5.93. The largest absolute Gasteiger partial charge is 0.322 e. The van der Waals surface area contributed by atoms with E-state index in [9.17, 15) is 8.42 Å². The van der Waals surface area contributed by atoms with Crippen LogP contribution in [0.4, 0.5) is 0 Å². The molecule has 0 amide bonds. The van der Waals surface area contributed by atoms with E-state index in [1.54, 1.807) is 24.3 Å². The van der Waals surface area contributed by atoms with E-state index < -0.39 is 9.84 Å². The van der Waals surface area contributed by atoms with Crippen LogP contribution in [0.3, 0.4) is 0 Å². The number of nitrogens with two attached hydrogens (primary N) is 1. The standard InChI is InChI=1S/C13H16N2O2S2/c1-3-11(14)13-15-12(8-18-13)9-4-6-10(7-5-9)19(2,16)17/h4-8,11H,3,14H2,1-2H3. The monoisotopic (exact) mass is 296 g/mol. The molecule has 0 spiro atoms. The molecule has 1 unspecified atom stereocenters. The average Bonchev–Trinajstić information content (AvgIpc) is 2.86. The van der Waals surface area contributed by atoms with Gasteiger partial charge in [0.1, 0.15) is 5.01 Å². The van der Waals surface area contributed by atoms with Gasteiger partial charge in [-0.2, -0.15) is 0 Å². The van der Waals surface area contributed by atoms with Gasteiger partial charge in [0, 0.05) is 17.2 Å². The normalized spacial score (nSPS) is 13.4. The van der Waals surface area contributed by atoms with Crippen LogP contribution in [0.5, 0.6) is 0 Å². The Morgan fingerprint density at radius 1 is 1.32 bits per heavy atom. The van der Waals surface area contributed by atoms with E-state index in [4.69, 9.17) is 5.73 Å². The zero-order chi connectivity index (χ0) is 14.0. The van der Waals surface area contributed by atoms with Crippen molar-refractivity contribution in [2.24, 2.45) is 5.73 Å². The summed E-state index contributed by atoms with van der Waals surface area (Å²) in [4.78, 5) is 4.80. The molecule has 2 N–H and O–H groups in total. The fraction of sp³-hybridized carbons (Fsp3) is 0.308. The molecule has 19 heavy (non-hydrogen) atoms. The highest BCUT2D eigenvalue weighted by Gasteiger charge is 2.11. The first-order valence-corrected chi connectivity index (χ1v) is 8.70. The van der Waals surface area contributed by atoms with E-state index >= 15 is 0 Å². The maximum atomic E-state index is 11.4. The van der Waals surface area contributed by atoms with Gasteiger partial charge in [-0.15, -0.1) is 11.3 Å². The fourth-order valence-electron chi connectivity index (χ4n) is 1.64. The van der Waals surface area contributed by atoms with Crippen LogP contribution in [0.1, 0.15) is 24.4 Å². The van der Waals surface area contributed by atoms with Crippen LogP contribution in [0.15, 0.2) is 34.5 Å². The molecular formula is C13H16N2O2S2. The number of thiazole rings is 1. The summed E-state index contributed by atoms with van der Waals surface area (Å²) in [6.45, 7) is 2.02. The number of aromatic nitrogens is 1. The molecule has 1 aromatic heterocycles. The second-order valence-electron chi connectivity index (χ2n) is 4.38. The molecule has 0 aliphatic rings. The van der Waals surface area contributed by atoms with Gasteiger partial charge in [0.15, 0.2) is 9.84 Å². The number of hydrogen-bond acceptors (Lipinski definition) is 5. The van der Waals surface area contributed by atoms with Crippen molar-refractivity contribution in [1.82, 2.24) is 4.98 Å². The smallest absolute Gasteiger partial charge is 0.175 e. The van der Waals surface area contributed by atoms with Crippen molar-refractivity contribution in [2.45, 2.75) is 24.3 Å². The van der Waals surface area contributed by atoms with Crippen LogP contribution in [-0.2, 0) is 9.84 Å². The third-order valence-corrected chi connectivity index (χ3v) is 4.96. The lowest BCUT2D eigenvalue weighted by Crippen LogP contribution is -2.07. The highest BCUT2D eigenvalue weighted by atomic mass is 32.2. The van der Waals surface area contributed by atoms with Gasteiger partial charge in [-0.3, -0.25) is 0 Å². The van der Waals surface area contributed by atoms with Crippen LogP contribution in [0, 0.1) is 0 Å². The molecule has 2 rings (SSSR count). The minimum atomic E-state index is -3.15. The van der Waals surface area contributed by atoms with E-state index in [0.717, 1.165) is 22.7 Å². The number of sulfone groups is 1. The summed E-state index contributed by atoms with van der Waals surface area (Å²) in [5, 5.41) is 2.85. The van der Waals surface area contributed by atoms with Gasteiger partial charge in [0.25, 0.3) is 0 Å². The summed E-state index contributed by atoms with van der Waals surface area (Å²) in [5.74, 6) is 0. The lowest BCUT2D eigenvalue weighted by Gasteiger charge is -2.03. The van der Waals surface area contributed by atoms with Crippen LogP contribution in [0.2, 0.25) is 0 Å². The Morgan fingerprint density at radius 3 is 2.47 bits per heavy atom. The number of hydrogen-bond donors (Lipinski definition) is 1. The van der Waals surface area contributed by atoms with Crippen molar-refractivity contribution >= 4 is 21.2 Å². The maximum absolute atomic E-state index is 11.4. The van der Waals surface area contributed by atoms with Crippen molar-refractivity contribution < 1.29 is 8.42 Å². The Hall–Kier alpha value is -1.24. The molecule has 6 heteroatoms. The van der Waals surface area contributed by atoms with Crippen LogP contribution >= 0.6 is 11.3 Å². The van der Waals surface area contributed by atoms with Crippen molar-refractivity contribution in [1.29, 1.82) is 0 Å². The molecular weight excluding hydrogens is 280 g/mol. The number of benzene rings is 1. The molecule has 0 radical (unpaired) electrons. The van der Waals surface area contributed by atoms with Gasteiger partial charge in [0.05, 0.1) is 16.6 Å². The van der Waals surface area contributed by atoms with Crippen molar-refractivity contribution in [3.05, 3.63) is 34.7 Å². The summed E-state index contributed by atoms with van der Waals surface area (Å²) in [5.41, 5.74) is 7.67. The second kappa shape index (κ2) is 5.40. The topological polar surface area (TPSA) is 73.0 Å². The van der Waals surface area contributed by atoms with E-state index in [0.29, 0.717) is 4.90 Å². The van der Waals surface area contributed by atoms with Gasteiger partial charge < -0.3 is 5.73 Å². The quantitative estimate of drug-likeness (QED) is 0.941. The fourth-order valence-corrected chi connectivity index (χ4v) is 3.18. The first kappa shape index (κ1) is 14.2. The Morgan fingerprint density at radius 2 is 1.95 bits per heavy atom. The van der Waals surface area contributed by atoms with E-state index in [-0.39, 0.29) is 6.04 Å². The average molecular weight is 296 g/mol. The lowest BCUT2D eigenvalue weighted by molar-refractivity contribution is 0.602. The molecule has 1 aromatic carbocycles. The number of nitrogens with zero attached hydrogens (tertiary/aromatic N) is 1. The van der Waals surface area contributed by atoms with E-state index in [2.05, 4.69) is 4.98 Å². The molecule has 4 nitrogen and oxygen atoms in total. The third kappa shape index (κ3) is 3.20. The van der Waals surface area contributed by atoms with Crippen molar-refractivity contribution in [2.75, 3.05) is 6.26 Å². The molecule has 1 heterocycles. The maximum Gasteiger partial charge on any atom is 0.175 e. The molecule has 0 fully saturated rings. The van der Waals surface area contributed by atoms with Crippen LogP contribution < -0.4 is 5.73 Å². The van der Waals surface area contributed by atoms with E-state index in [1.165, 1.54) is 17.6 Å². The second-order valence-corrected chi connectivity index (χ2v) is 7.29. The highest BCUT2D eigenvalue weighted by Crippen LogP contribution is 2.26. The molecule has 102 valence electrons. The zero-order valence-corrected chi connectivity index (χ0v) is 12.5. The van der Waals surface area contributed by atoms with Crippen LogP contribution in [-0.4, -0.2) is 19.7 Å². The Labute approximate surface area is 117 Å². The summed E-state index contributed by atoms with van der Waals surface area (Å²) >= 11 is 1.53. The minimum Gasteiger partial charge on any atom is -0.322 e. The predicted octanol–water partition coefficient (Wildman–Crippen LogP) is 2.62. The van der Waals surface area contributed by atoms with Crippen molar-refractivity contribution in [3.63, 3.8) is 0 Å². The van der Waals surface area contributed by atoms with Gasteiger partial charge in [-0.25, -0.2) is 13.4 Å². The molecule has 0 saturated carbocycles. The molecule has 0 bridgehead atoms. The Balaban J connectivity index is 2.30. The molecule has 0 aliphatic heterocycles. The number of rotatable bonds is 4. The highest BCUT2D eigenvalue weighted by molar-refractivity contribution is 7.90. The first-order chi connectivity index (χ1) is 8.91. The minimum absolute atomic E-state index is 0.0333. The summed E-state index contributed by atoms with van der Waals surface area (Å²) in [7, 11) is -3.15. The van der Waals surface area contributed by atoms with Crippen LogP contribution in [0.25, 0.3) is 11.3 Å². The van der Waals surface area contributed by atoms with Gasteiger partial charge in [-0.05, 0) is 18.6 Å². The third-order valence-electron chi connectivity index (χ3n) is 2.86. The van der Waals surface area contributed by atoms with Gasteiger partial charge in [-0.1, -0.05) is 19.1 Å². The summed E-state index contributed by atoms with van der Waals surface area (Å²) < 4.78 is 22.8. The van der Waals surface area contributed by atoms with E-state index in [1.807, 2.05) is 12.3 Å². The van der Waals surface area contributed by atoms with Gasteiger partial charge >= 0.3 is 0 Å². The Bertz CT molecular complexity index is 660. The predicted molar refractivity (Wildman–Crippen MR) is 77.9 cm³/mol. The van der Waals surface area contributed by atoms with Crippen molar-refractivity contribution in [3.8, 4) is 11.3 Å². The molecule has 2 aromatic rings. The summed E-state index contributed by atoms with van der Waals surface area (Å²) in [6.07, 6.45) is 2.04. The SMILES string of the molecule is CCC(N)c1nc(-c2ccc(S(C)(=O)=O)cc2)cs1. The molecule has 0 aliphatic carbocycles. The lowest BCUT2D eigenvalue weighted by atomic mass is 10.2. The Kier molecular flexibility index (Phi) is 4.03. The molecule has 0 saturated heterocycles. The molecule has 1 atom stereocenters. The summed E-state index contributed by atoms with van der Waals surface area (Å²) in [6, 6.07) is 6.71.